The number of nitrogens with zero attached hydrogens (tertiary/aromatic N) is 4. The lowest BCUT2D eigenvalue weighted by Crippen LogP contribution is -2.44. The molecule has 2 N–H and O–H groups in total. The highest BCUT2D eigenvalue weighted by atomic mass is 19.1. The molecule has 0 amide bonds. The molecular weight excluding hydrogens is 386 g/mol. The molecule has 1 fully saturated rings. The number of aliphatic imine (C=N–C) groups is 1. The van der Waals surface area contributed by atoms with Crippen LogP contribution in [-0.2, 0) is 26.4 Å². The van der Waals surface area contributed by atoms with Gasteiger partial charge in [-0.1, -0.05) is 19.9 Å². The van der Waals surface area contributed by atoms with E-state index < -0.39 is 11.6 Å². The molecule has 6 nitrogen and oxygen atoms in total. The fourth-order valence-electron chi connectivity index (χ4n) is 4.12. The summed E-state index contributed by atoms with van der Waals surface area (Å²) in [4.78, 5) is 6.55. The molecule has 0 bridgehead atoms. The maximum atomic E-state index is 14.1. The minimum atomic E-state index is -0.521. The monoisotopic (exact) mass is 418 g/mol. The zero-order chi connectivity index (χ0) is 21.7. The maximum absolute atomic E-state index is 14.1. The van der Waals surface area contributed by atoms with Crippen LogP contribution in [0.25, 0.3) is 0 Å². The van der Waals surface area contributed by atoms with Gasteiger partial charge >= 0.3 is 0 Å². The molecular formula is C22H32F2N6. The van der Waals surface area contributed by atoms with Gasteiger partial charge in [0.05, 0.1) is 12.2 Å². The molecule has 2 aromatic rings. The van der Waals surface area contributed by atoms with E-state index in [-0.39, 0.29) is 11.7 Å². The van der Waals surface area contributed by atoms with Crippen molar-refractivity contribution in [1.29, 1.82) is 0 Å². The molecule has 1 aliphatic rings. The van der Waals surface area contributed by atoms with Gasteiger partial charge in [-0.15, -0.1) is 0 Å². The molecule has 164 valence electrons. The van der Waals surface area contributed by atoms with Crippen LogP contribution in [0.2, 0.25) is 0 Å². The van der Waals surface area contributed by atoms with Gasteiger partial charge in [-0.25, -0.2) is 13.8 Å². The summed E-state index contributed by atoms with van der Waals surface area (Å²) in [6.45, 7) is 8.65. The molecule has 1 unspecified atom stereocenters. The van der Waals surface area contributed by atoms with E-state index in [0.717, 1.165) is 31.5 Å². The van der Waals surface area contributed by atoms with Gasteiger partial charge in [0, 0.05) is 44.0 Å². The number of halogens is 2. The number of para-hydroxylation sites is 1. The summed E-state index contributed by atoms with van der Waals surface area (Å²) in [6.07, 6.45) is 2.56. The Kier molecular flexibility index (Phi) is 7.29. The smallest absolute Gasteiger partial charge is 0.191 e. The summed E-state index contributed by atoms with van der Waals surface area (Å²) in [7, 11) is 1.98. The van der Waals surface area contributed by atoms with E-state index >= 15 is 0 Å². The van der Waals surface area contributed by atoms with Crippen LogP contribution in [0.3, 0.4) is 0 Å². The van der Waals surface area contributed by atoms with Crippen LogP contribution in [0.15, 0.2) is 23.2 Å². The second-order valence-electron chi connectivity index (χ2n) is 7.54. The van der Waals surface area contributed by atoms with Crippen LogP contribution in [0.1, 0.15) is 44.1 Å². The average molecular weight is 419 g/mol. The number of nitrogens with one attached hydrogen (secondary N) is 2. The molecule has 2 heterocycles. The van der Waals surface area contributed by atoms with Crippen molar-refractivity contribution in [3.63, 3.8) is 0 Å². The van der Waals surface area contributed by atoms with Crippen LogP contribution in [0.4, 0.5) is 14.5 Å². The summed E-state index contributed by atoms with van der Waals surface area (Å²) >= 11 is 0. The number of hydrogen-bond donors (Lipinski definition) is 2. The van der Waals surface area contributed by atoms with Gasteiger partial charge in [0.1, 0.15) is 17.3 Å². The average Bonchev–Trinajstić information content (AvgIpc) is 3.29. The van der Waals surface area contributed by atoms with Crippen molar-refractivity contribution in [3.8, 4) is 0 Å². The fourth-order valence-corrected chi connectivity index (χ4v) is 4.12. The number of guanidine groups is 1. The van der Waals surface area contributed by atoms with Crippen LogP contribution in [-0.4, -0.2) is 41.4 Å². The number of hydrogen-bond acceptors (Lipinski definition) is 3. The van der Waals surface area contributed by atoms with E-state index in [0.29, 0.717) is 25.6 Å². The van der Waals surface area contributed by atoms with Gasteiger partial charge < -0.3 is 15.5 Å². The predicted molar refractivity (Wildman–Crippen MR) is 117 cm³/mol. The third-order valence-electron chi connectivity index (χ3n) is 5.55. The second kappa shape index (κ2) is 9.91. The largest absolute Gasteiger partial charge is 0.365 e. The van der Waals surface area contributed by atoms with E-state index in [2.05, 4.69) is 29.6 Å². The standard InChI is InChI=1S/C22H32F2N6/c1-5-19-16(20(6-2)29(4)28-19)13-26-22(25-7-3)27-15-11-12-30(14-15)21-17(23)9-8-10-18(21)24/h8-10,15H,5-7,11-14H2,1-4H3,(H2,25,26,27). The molecule has 0 saturated carbocycles. The molecule has 8 heteroatoms. The first-order valence-electron chi connectivity index (χ1n) is 10.8. The summed E-state index contributed by atoms with van der Waals surface area (Å²) in [5, 5.41) is 11.3. The highest BCUT2D eigenvalue weighted by Gasteiger charge is 2.27. The number of aromatic nitrogens is 2. The fraction of sp³-hybridized carbons (Fsp3) is 0.545. The first kappa shape index (κ1) is 22.1. The van der Waals surface area contributed by atoms with Gasteiger partial charge in [0.15, 0.2) is 5.96 Å². The van der Waals surface area contributed by atoms with Crippen molar-refractivity contribution in [1.82, 2.24) is 20.4 Å². The minimum absolute atomic E-state index is 0.0549. The molecule has 0 aliphatic carbocycles. The van der Waals surface area contributed by atoms with Gasteiger partial charge in [0.25, 0.3) is 0 Å². The van der Waals surface area contributed by atoms with Crippen molar-refractivity contribution in [2.24, 2.45) is 12.0 Å². The zero-order valence-electron chi connectivity index (χ0n) is 18.3. The van der Waals surface area contributed by atoms with Gasteiger partial charge in [0.2, 0.25) is 0 Å². The number of aryl methyl sites for hydroxylation is 2. The Morgan fingerprint density at radius 1 is 1.20 bits per heavy atom. The quantitative estimate of drug-likeness (QED) is 0.536. The van der Waals surface area contributed by atoms with E-state index in [9.17, 15) is 8.78 Å². The lowest BCUT2D eigenvalue weighted by Gasteiger charge is -2.21. The summed E-state index contributed by atoms with van der Waals surface area (Å²) in [6, 6.07) is 4.06. The van der Waals surface area contributed by atoms with E-state index in [1.165, 1.54) is 29.5 Å². The molecule has 1 aliphatic heterocycles. The van der Waals surface area contributed by atoms with Gasteiger partial charge in [-0.05, 0) is 38.3 Å². The van der Waals surface area contributed by atoms with Crippen molar-refractivity contribution in [2.75, 3.05) is 24.5 Å². The third-order valence-corrected chi connectivity index (χ3v) is 5.55. The second-order valence-corrected chi connectivity index (χ2v) is 7.54. The number of benzene rings is 1. The van der Waals surface area contributed by atoms with Crippen molar-refractivity contribution >= 4 is 11.6 Å². The molecule has 30 heavy (non-hydrogen) atoms. The van der Waals surface area contributed by atoms with Crippen LogP contribution >= 0.6 is 0 Å². The van der Waals surface area contributed by atoms with Crippen molar-refractivity contribution < 1.29 is 8.78 Å². The Bertz CT molecular complexity index is 872. The first-order valence-corrected chi connectivity index (χ1v) is 10.8. The number of anilines is 1. The zero-order valence-corrected chi connectivity index (χ0v) is 18.3. The Morgan fingerprint density at radius 3 is 2.57 bits per heavy atom. The molecule has 1 aromatic carbocycles. The summed E-state index contributed by atoms with van der Waals surface area (Å²) < 4.78 is 30.2. The van der Waals surface area contributed by atoms with E-state index in [1.807, 2.05) is 18.7 Å². The third kappa shape index (κ3) is 4.74. The maximum Gasteiger partial charge on any atom is 0.191 e. The van der Waals surface area contributed by atoms with Crippen LogP contribution in [0.5, 0.6) is 0 Å². The minimum Gasteiger partial charge on any atom is -0.365 e. The SMILES string of the molecule is CCNC(=NCc1c(CC)nn(C)c1CC)NC1CCN(c2c(F)cccc2F)C1. The Labute approximate surface area is 177 Å². The van der Waals surface area contributed by atoms with Gasteiger partial charge in [-0.3, -0.25) is 4.68 Å². The topological polar surface area (TPSA) is 57.5 Å². The Hall–Kier alpha value is -2.64. The molecule has 1 saturated heterocycles. The lowest BCUT2D eigenvalue weighted by molar-refractivity contribution is 0.576. The van der Waals surface area contributed by atoms with Crippen molar-refractivity contribution in [2.45, 2.75) is 52.6 Å². The summed E-state index contributed by atoms with van der Waals surface area (Å²) in [5.74, 6) is -0.328. The van der Waals surface area contributed by atoms with Crippen molar-refractivity contribution in [3.05, 3.63) is 46.8 Å². The molecule has 0 spiro atoms. The predicted octanol–water partition coefficient (Wildman–Crippen LogP) is 3.16. The molecule has 1 atom stereocenters. The van der Waals surface area contributed by atoms with E-state index in [4.69, 9.17) is 4.99 Å². The molecule has 3 rings (SSSR count). The highest BCUT2D eigenvalue weighted by Crippen LogP contribution is 2.26. The van der Waals surface area contributed by atoms with Gasteiger partial charge in [-0.2, -0.15) is 5.10 Å². The highest BCUT2D eigenvalue weighted by molar-refractivity contribution is 5.80. The summed E-state index contributed by atoms with van der Waals surface area (Å²) in [5.41, 5.74) is 3.52. The van der Waals surface area contributed by atoms with E-state index in [1.54, 1.807) is 4.90 Å². The normalized spacial score (nSPS) is 16.9. The lowest BCUT2D eigenvalue weighted by atomic mass is 10.1. The molecule has 1 aromatic heterocycles. The van der Waals surface area contributed by atoms with Crippen LogP contribution in [0, 0.1) is 11.6 Å². The Morgan fingerprint density at radius 2 is 1.93 bits per heavy atom. The van der Waals surface area contributed by atoms with Crippen LogP contribution < -0.4 is 15.5 Å². The first-order chi connectivity index (χ1) is 14.5. The Balaban J connectivity index is 1.71. The molecule has 0 radical (unpaired) electrons. The number of rotatable bonds is 7.